The minimum atomic E-state index is -0.425. The smallest absolute Gasteiger partial charge is 0.121 e. The fourth-order valence-corrected chi connectivity index (χ4v) is 1.83. The lowest BCUT2D eigenvalue weighted by Gasteiger charge is -2.35. The van der Waals surface area contributed by atoms with Crippen LogP contribution in [0.4, 0.5) is 5.69 Å². The first-order chi connectivity index (χ1) is 7.67. The number of nitriles is 1. The molecule has 1 saturated heterocycles. The van der Waals surface area contributed by atoms with Crippen LogP contribution in [-0.4, -0.2) is 19.8 Å². The number of ether oxygens (including phenoxy) is 1. The van der Waals surface area contributed by atoms with Crippen LogP contribution in [0.2, 0.25) is 10.0 Å². The third-order valence-electron chi connectivity index (χ3n) is 2.56. The van der Waals surface area contributed by atoms with Gasteiger partial charge in [-0.3, -0.25) is 0 Å². The Hall–Kier alpha value is -0.950. The molecule has 0 amide bonds. The third kappa shape index (κ3) is 2.10. The molecule has 1 fully saturated rings. The van der Waals surface area contributed by atoms with E-state index in [0.29, 0.717) is 29.8 Å². The molecule has 0 aliphatic carbocycles. The summed E-state index contributed by atoms with van der Waals surface area (Å²) in [7, 11) is 0. The number of anilines is 1. The van der Waals surface area contributed by atoms with Crippen LogP contribution in [0.15, 0.2) is 18.2 Å². The lowest BCUT2D eigenvalue weighted by molar-refractivity contribution is -0.0690. The van der Waals surface area contributed by atoms with E-state index in [-0.39, 0.29) is 0 Å². The fourth-order valence-electron chi connectivity index (χ4n) is 1.46. The minimum absolute atomic E-state index is 0.425. The molecule has 0 unspecified atom stereocenters. The van der Waals surface area contributed by atoms with Crippen molar-refractivity contribution in [3.63, 3.8) is 0 Å². The predicted molar refractivity (Wildman–Crippen MR) is 63.8 cm³/mol. The van der Waals surface area contributed by atoms with Crippen molar-refractivity contribution in [2.45, 2.75) is 0 Å². The second-order valence-corrected chi connectivity index (χ2v) is 4.63. The average Bonchev–Trinajstić information content (AvgIpc) is 2.23. The summed E-state index contributed by atoms with van der Waals surface area (Å²) in [5, 5.41) is 13.1. The van der Waals surface area contributed by atoms with Crippen molar-refractivity contribution < 1.29 is 4.74 Å². The number of halogens is 2. The highest BCUT2D eigenvalue weighted by molar-refractivity contribution is 6.43. The normalized spacial score (nSPS) is 17.3. The Bertz CT molecular complexity index is 438. The lowest BCUT2D eigenvalue weighted by Crippen LogP contribution is -2.46. The van der Waals surface area contributed by atoms with Crippen LogP contribution in [0, 0.1) is 16.7 Å². The molecule has 1 aliphatic heterocycles. The summed E-state index contributed by atoms with van der Waals surface area (Å²) < 4.78 is 5.05. The number of hydrogen-bond acceptors (Lipinski definition) is 3. The van der Waals surface area contributed by atoms with E-state index in [0.717, 1.165) is 5.69 Å². The molecule has 1 aromatic carbocycles. The van der Waals surface area contributed by atoms with Crippen molar-refractivity contribution >= 4 is 28.9 Å². The molecule has 0 atom stereocenters. The zero-order valence-electron chi connectivity index (χ0n) is 8.46. The molecule has 1 heterocycles. The van der Waals surface area contributed by atoms with E-state index in [9.17, 15) is 0 Å². The minimum Gasteiger partial charge on any atom is -0.382 e. The van der Waals surface area contributed by atoms with Gasteiger partial charge in [0.2, 0.25) is 0 Å². The summed E-state index contributed by atoms with van der Waals surface area (Å²) in [5.41, 5.74) is 0.321. The molecule has 5 heteroatoms. The standard InChI is InChI=1S/C11H10Cl2N2O/c12-8-2-1-3-9(10(8)13)15-5-11(4-14)6-16-7-11/h1-3,15H,5-7H2. The van der Waals surface area contributed by atoms with E-state index in [2.05, 4.69) is 11.4 Å². The summed E-state index contributed by atoms with van der Waals surface area (Å²) in [6, 6.07) is 7.62. The molecule has 1 N–H and O–H groups in total. The summed E-state index contributed by atoms with van der Waals surface area (Å²) in [6.45, 7) is 1.45. The van der Waals surface area contributed by atoms with Gasteiger partial charge in [0.1, 0.15) is 5.41 Å². The van der Waals surface area contributed by atoms with Gasteiger partial charge < -0.3 is 10.1 Å². The molecule has 16 heavy (non-hydrogen) atoms. The molecular weight excluding hydrogens is 247 g/mol. The molecule has 0 bridgehead atoms. The van der Waals surface area contributed by atoms with Gasteiger partial charge in [0, 0.05) is 6.54 Å². The van der Waals surface area contributed by atoms with Crippen LogP contribution in [0.5, 0.6) is 0 Å². The third-order valence-corrected chi connectivity index (χ3v) is 3.38. The summed E-state index contributed by atoms with van der Waals surface area (Å²) in [4.78, 5) is 0. The van der Waals surface area contributed by atoms with Crippen LogP contribution in [0.3, 0.4) is 0 Å². The van der Waals surface area contributed by atoms with Gasteiger partial charge in [0.15, 0.2) is 0 Å². The molecule has 0 saturated carbocycles. The Morgan fingerprint density at radius 1 is 1.44 bits per heavy atom. The van der Waals surface area contributed by atoms with E-state index in [1.165, 1.54) is 0 Å². The monoisotopic (exact) mass is 256 g/mol. The molecular formula is C11H10Cl2N2O. The van der Waals surface area contributed by atoms with Gasteiger partial charge >= 0.3 is 0 Å². The largest absolute Gasteiger partial charge is 0.382 e. The van der Waals surface area contributed by atoms with Gasteiger partial charge in [-0.2, -0.15) is 5.26 Å². The Labute approximate surface area is 104 Å². The van der Waals surface area contributed by atoms with Crippen molar-refractivity contribution in [2.75, 3.05) is 25.1 Å². The van der Waals surface area contributed by atoms with Gasteiger partial charge in [-0.1, -0.05) is 29.3 Å². The Balaban J connectivity index is 2.05. The van der Waals surface area contributed by atoms with Gasteiger partial charge in [-0.15, -0.1) is 0 Å². The molecule has 0 radical (unpaired) electrons. The SMILES string of the molecule is N#CC1(CNc2cccc(Cl)c2Cl)COC1. The summed E-state index contributed by atoms with van der Waals surface area (Å²) >= 11 is 11.9. The second kappa shape index (κ2) is 4.50. The van der Waals surface area contributed by atoms with Crippen molar-refractivity contribution in [1.29, 1.82) is 5.26 Å². The first kappa shape index (κ1) is 11.5. The molecule has 3 nitrogen and oxygen atoms in total. The van der Waals surface area contributed by atoms with Gasteiger partial charge in [0.05, 0.1) is 35.0 Å². The van der Waals surface area contributed by atoms with Crippen LogP contribution < -0.4 is 5.32 Å². The average molecular weight is 257 g/mol. The molecule has 0 aromatic heterocycles. The maximum atomic E-state index is 9.01. The van der Waals surface area contributed by atoms with Crippen LogP contribution in [0.1, 0.15) is 0 Å². The van der Waals surface area contributed by atoms with E-state index >= 15 is 0 Å². The number of nitrogens with one attached hydrogen (secondary N) is 1. The Kier molecular flexibility index (Phi) is 3.25. The number of benzene rings is 1. The maximum absolute atomic E-state index is 9.01. The quantitative estimate of drug-likeness (QED) is 0.905. The van der Waals surface area contributed by atoms with Gasteiger partial charge in [0.25, 0.3) is 0 Å². The van der Waals surface area contributed by atoms with E-state index < -0.39 is 5.41 Å². The highest BCUT2D eigenvalue weighted by Crippen LogP contribution is 2.32. The van der Waals surface area contributed by atoms with Crippen LogP contribution in [0.25, 0.3) is 0 Å². The fraction of sp³-hybridized carbons (Fsp3) is 0.364. The van der Waals surface area contributed by atoms with E-state index in [1.54, 1.807) is 6.07 Å². The van der Waals surface area contributed by atoms with E-state index in [4.69, 9.17) is 33.2 Å². The molecule has 1 aromatic rings. The summed E-state index contributed by atoms with van der Waals surface area (Å²) in [6.07, 6.45) is 0. The molecule has 1 aliphatic rings. The predicted octanol–water partition coefficient (Wildman–Crippen LogP) is 2.95. The van der Waals surface area contributed by atoms with Gasteiger partial charge in [-0.05, 0) is 12.1 Å². The Morgan fingerprint density at radius 3 is 2.75 bits per heavy atom. The van der Waals surface area contributed by atoms with Crippen molar-refractivity contribution in [3.8, 4) is 6.07 Å². The number of rotatable bonds is 3. The number of nitrogens with zero attached hydrogens (tertiary/aromatic N) is 1. The first-order valence-corrected chi connectivity index (χ1v) is 5.59. The second-order valence-electron chi connectivity index (χ2n) is 3.84. The number of hydrogen-bond donors (Lipinski definition) is 1. The highest BCUT2D eigenvalue weighted by atomic mass is 35.5. The van der Waals surface area contributed by atoms with Crippen LogP contribution in [-0.2, 0) is 4.74 Å². The first-order valence-electron chi connectivity index (χ1n) is 4.84. The zero-order chi connectivity index (χ0) is 11.6. The van der Waals surface area contributed by atoms with Crippen molar-refractivity contribution in [1.82, 2.24) is 0 Å². The van der Waals surface area contributed by atoms with Crippen molar-refractivity contribution in [3.05, 3.63) is 28.2 Å². The lowest BCUT2D eigenvalue weighted by atomic mass is 9.88. The van der Waals surface area contributed by atoms with Crippen LogP contribution >= 0.6 is 23.2 Å². The zero-order valence-corrected chi connectivity index (χ0v) is 9.98. The molecule has 84 valence electrons. The maximum Gasteiger partial charge on any atom is 0.121 e. The molecule has 0 spiro atoms. The highest BCUT2D eigenvalue weighted by Gasteiger charge is 2.38. The molecule has 2 rings (SSSR count). The summed E-state index contributed by atoms with van der Waals surface area (Å²) in [5.74, 6) is 0. The van der Waals surface area contributed by atoms with Crippen molar-refractivity contribution in [2.24, 2.45) is 5.41 Å². The van der Waals surface area contributed by atoms with Gasteiger partial charge in [-0.25, -0.2) is 0 Å². The Morgan fingerprint density at radius 2 is 2.19 bits per heavy atom. The van der Waals surface area contributed by atoms with E-state index in [1.807, 2.05) is 12.1 Å². The topological polar surface area (TPSA) is 45.0 Å².